The Hall–Kier alpha value is -1.78. The highest BCUT2D eigenvalue weighted by Gasteiger charge is 1.95. The molecule has 2 aromatic rings. The Morgan fingerprint density at radius 1 is 0.742 bits per heavy atom. The fraction of sp³-hybridized carbons (Fsp3) is 0.517. The summed E-state index contributed by atoms with van der Waals surface area (Å²) in [6.07, 6.45) is 6.42. The van der Waals surface area contributed by atoms with Gasteiger partial charge in [-0.2, -0.15) is 0 Å². The maximum absolute atomic E-state index is 12.4. The molecule has 0 aliphatic heterocycles. The molecular formula is C29H52ClF. The van der Waals surface area contributed by atoms with E-state index in [2.05, 4.69) is 19.8 Å². The van der Waals surface area contributed by atoms with Crippen LogP contribution < -0.4 is 0 Å². The van der Waals surface area contributed by atoms with E-state index in [1.807, 2.05) is 107 Å². The number of halogens is 2. The Morgan fingerprint density at radius 2 is 1.13 bits per heavy atom. The molecule has 0 unspecified atom stereocenters. The van der Waals surface area contributed by atoms with E-state index in [0.29, 0.717) is 0 Å². The summed E-state index contributed by atoms with van der Waals surface area (Å²) in [6.45, 7) is 28.1. The van der Waals surface area contributed by atoms with E-state index in [9.17, 15) is 4.39 Å². The van der Waals surface area contributed by atoms with Crippen LogP contribution in [0.3, 0.4) is 0 Å². The number of hydrogen-bond donors (Lipinski definition) is 0. The van der Waals surface area contributed by atoms with Gasteiger partial charge in [-0.3, -0.25) is 0 Å². The molecule has 0 aliphatic carbocycles. The van der Waals surface area contributed by atoms with Crippen LogP contribution >= 0.6 is 11.6 Å². The lowest BCUT2D eigenvalue weighted by molar-refractivity contribution is 0.628. The summed E-state index contributed by atoms with van der Waals surface area (Å²) in [5.41, 5.74) is 3.14. The Labute approximate surface area is 201 Å². The predicted octanol–water partition coefficient (Wildman–Crippen LogP) is 11.3. The van der Waals surface area contributed by atoms with Crippen molar-refractivity contribution in [2.45, 2.75) is 103 Å². The third-order valence-electron chi connectivity index (χ3n) is 2.26. The zero-order valence-corrected chi connectivity index (χ0v) is 23.8. The largest absolute Gasteiger partial charge is 0.205 e. The van der Waals surface area contributed by atoms with Crippen molar-refractivity contribution in [3.63, 3.8) is 0 Å². The highest BCUT2D eigenvalue weighted by molar-refractivity contribution is 6.30. The lowest BCUT2D eigenvalue weighted by Gasteiger charge is -1.93. The molecule has 0 spiro atoms. The van der Waals surface area contributed by atoms with Crippen molar-refractivity contribution in [2.24, 2.45) is 0 Å². The lowest BCUT2D eigenvalue weighted by Crippen LogP contribution is -1.76. The third-order valence-corrected chi connectivity index (χ3v) is 2.55. The summed E-state index contributed by atoms with van der Waals surface area (Å²) >= 11 is 5.44. The van der Waals surface area contributed by atoms with Crippen molar-refractivity contribution >= 4 is 11.6 Å². The zero-order valence-electron chi connectivity index (χ0n) is 23.1. The summed E-state index contributed by atoms with van der Waals surface area (Å²) in [7, 11) is 0. The van der Waals surface area contributed by atoms with Crippen LogP contribution in [0.2, 0.25) is 5.02 Å². The first-order chi connectivity index (χ1) is 14.9. The molecule has 0 heterocycles. The number of rotatable bonds is 0. The summed E-state index contributed by atoms with van der Waals surface area (Å²) in [5.74, 6) is 2.21. The quantitative estimate of drug-likeness (QED) is 0.347. The molecule has 0 amide bonds. The smallest absolute Gasteiger partial charge is 0.141 e. The van der Waals surface area contributed by atoms with Gasteiger partial charge in [0.25, 0.3) is 0 Å². The van der Waals surface area contributed by atoms with Gasteiger partial charge in [-0.1, -0.05) is 125 Å². The van der Waals surface area contributed by atoms with Crippen molar-refractivity contribution in [1.82, 2.24) is 0 Å². The van der Waals surface area contributed by atoms with E-state index in [0.717, 1.165) is 11.1 Å². The van der Waals surface area contributed by atoms with Gasteiger partial charge in [0.05, 0.1) is 5.02 Å². The second-order valence-electron chi connectivity index (χ2n) is 4.64. The lowest BCUT2D eigenvalue weighted by atomic mass is 10.1. The number of aryl methyl sites for hydroxylation is 2. The first-order valence-corrected chi connectivity index (χ1v) is 12.3. The molecule has 0 N–H and O–H groups in total. The second-order valence-corrected chi connectivity index (χ2v) is 5.05. The van der Waals surface area contributed by atoms with Crippen LogP contribution in [0.15, 0.2) is 42.5 Å². The van der Waals surface area contributed by atoms with Crippen LogP contribution in [0.5, 0.6) is 0 Å². The molecule has 2 aromatic carbocycles. The second kappa shape index (κ2) is 42.3. The van der Waals surface area contributed by atoms with Gasteiger partial charge in [0.15, 0.2) is 0 Å². The van der Waals surface area contributed by atoms with Gasteiger partial charge in [-0.15, -0.1) is 6.42 Å². The molecule has 182 valence electrons. The molecule has 0 saturated heterocycles. The Kier molecular flexibility index (Phi) is 59.0. The van der Waals surface area contributed by atoms with Gasteiger partial charge >= 0.3 is 0 Å². The molecule has 0 nitrogen and oxygen atoms in total. The maximum atomic E-state index is 12.4. The van der Waals surface area contributed by atoms with E-state index in [4.69, 9.17) is 18.0 Å². The molecule has 31 heavy (non-hydrogen) atoms. The molecule has 2 heteroatoms. The van der Waals surface area contributed by atoms with Crippen molar-refractivity contribution < 1.29 is 4.39 Å². The number of hydrogen-bond acceptors (Lipinski definition) is 0. The summed E-state index contributed by atoms with van der Waals surface area (Å²) in [5, 5.41) is 0.190. The van der Waals surface area contributed by atoms with Crippen LogP contribution in [-0.2, 0) is 0 Å². The first-order valence-electron chi connectivity index (χ1n) is 11.9. The first kappa shape index (κ1) is 43.2. The van der Waals surface area contributed by atoms with Crippen LogP contribution in [0.4, 0.5) is 4.39 Å². The average Bonchev–Trinajstić information content (AvgIpc) is 2.84. The van der Waals surface area contributed by atoms with Crippen molar-refractivity contribution in [2.75, 3.05) is 0 Å². The van der Waals surface area contributed by atoms with E-state index in [-0.39, 0.29) is 10.8 Å². The Bertz CT molecular complexity index is 584. The molecule has 2 rings (SSSR count). The van der Waals surface area contributed by atoms with Crippen LogP contribution in [0.1, 0.15) is 106 Å². The van der Waals surface area contributed by atoms with E-state index < -0.39 is 0 Å². The fourth-order valence-electron chi connectivity index (χ4n) is 1.34. The minimum Gasteiger partial charge on any atom is -0.205 e. The van der Waals surface area contributed by atoms with E-state index in [1.54, 1.807) is 12.1 Å². The average molecular weight is 455 g/mol. The minimum atomic E-state index is -0.359. The maximum Gasteiger partial charge on any atom is 0.141 e. The molecule has 0 aromatic heterocycles. The van der Waals surface area contributed by atoms with Gasteiger partial charge in [0.1, 0.15) is 5.82 Å². The third kappa shape index (κ3) is 36.0. The van der Waals surface area contributed by atoms with Gasteiger partial charge in [-0.25, -0.2) is 4.39 Å². The molecular weight excluding hydrogens is 403 g/mol. The summed E-state index contributed by atoms with van der Waals surface area (Å²) in [4.78, 5) is 0. The monoisotopic (exact) mass is 454 g/mol. The topological polar surface area (TPSA) is 0 Å². The highest BCUT2D eigenvalue weighted by Crippen LogP contribution is 2.14. The van der Waals surface area contributed by atoms with E-state index >= 15 is 0 Å². The molecule has 0 aliphatic rings. The van der Waals surface area contributed by atoms with Crippen LogP contribution in [0.25, 0.3) is 0 Å². The fourth-order valence-corrected chi connectivity index (χ4v) is 1.57. The van der Waals surface area contributed by atoms with Gasteiger partial charge in [0, 0.05) is 5.56 Å². The van der Waals surface area contributed by atoms with Crippen molar-refractivity contribution in [3.05, 3.63) is 70.0 Å². The number of benzene rings is 2. The Balaban J connectivity index is -0.0000000664. The van der Waals surface area contributed by atoms with Gasteiger partial charge < -0.3 is 0 Å². The van der Waals surface area contributed by atoms with Crippen LogP contribution in [-0.4, -0.2) is 0 Å². The van der Waals surface area contributed by atoms with Crippen molar-refractivity contribution in [3.8, 4) is 12.3 Å². The van der Waals surface area contributed by atoms with Gasteiger partial charge in [0.2, 0.25) is 0 Å². The standard InChI is InChI=1S/C9H8.C7H6ClF.C3H8.5C2H6/c1-3-9-6-4-5-8(2)7-9;1-5-2-3-7(9)6(8)4-5;1-3-2;5*1-2/h1,4-7H,2H3;2-4H,1H3;3H2,1-2H3;5*1-2H3. The van der Waals surface area contributed by atoms with E-state index in [1.165, 1.54) is 18.1 Å². The zero-order chi connectivity index (χ0) is 26.3. The minimum absolute atomic E-state index is 0.190. The molecule has 0 atom stereocenters. The SMILES string of the molecule is C#Cc1cccc(C)c1.CC.CC.CC.CC.CC.CCC.Cc1ccc(F)c(Cl)c1. The predicted molar refractivity (Wildman–Crippen MR) is 148 cm³/mol. The normalized spacial score (nSPS) is 6.81. The van der Waals surface area contributed by atoms with Crippen LogP contribution in [0, 0.1) is 32.0 Å². The summed E-state index contributed by atoms with van der Waals surface area (Å²) < 4.78 is 12.4. The number of terminal acetylenes is 1. The van der Waals surface area contributed by atoms with Gasteiger partial charge in [-0.05, 0) is 49.2 Å². The molecule has 0 bridgehead atoms. The van der Waals surface area contributed by atoms with Crippen molar-refractivity contribution in [1.29, 1.82) is 0 Å². The molecule has 0 fully saturated rings. The summed E-state index contributed by atoms with van der Waals surface area (Å²) in [6, 6.07) is 12.5. The Morgan fingerprint density at radius 3 is 1.39 bits per heavy atom. The highest BCUT2D eigenvalue weighted by atomic mass is 35.5. The molecule has 0 radical (unpaired) electrons. The molecule has 0 saturated carbocycles.